The molecule has 154 valence electrons. The lowest BCUT2D eigenvalue weighted by Gasteiger charge is -2.27. The van der Waals surface area contributed by atoms with Crippen molar-refractivity contribution in [2.75, 3.05) is 5.32 Å². The van der Waals surface area contributed by atoms with Gasteiger partial charge >= 0.3 is 0 Å². The van der Waals surface area contributed by atoms with Crippen LogP contribution in [-0.2, 0) is 19.4 Å². The lowest BCUT2D eigenvalue weighted by molar-refractivity contribution is 0.529. The number of nitrogens with one attached hydrogen (secondary N) is 2. The Balaban J connectivity index is 1.37. The topological polar surface area (TPSA) is 59.0 Å². The van der Waals surface area contributed by atoms with Crippen LogP contribution in [-0.4, -0.2) is 14.7 Å². The number of rotatable bonds is 2. The van der Waals surface area contributed by atoms with Crippen LogP contribution in [0.5, 0.6) is 0 Å². The highest BCUT2D eigenvalue weighted by Crippen LogP contribution is 2.29. The molecule has 0 saturated heterocycles. The Kier molecular flexibility index (Phi) is 5.25. The molecule has 5 rings (SSSR count). The number of hydrogen-bond acceptors (Lipinski definition) is 3. The van der Waals surface area contributed by atoms with E-state index in [1.54, 1.807) is 0 Å². The smallest absolute Gasteiger partial charge is 0.261 e. The van der Waals surface area contributed by atoms with Gasteiger partial charge in [0, 0.05) is 18.7 Å². The number of nitrogens with zero attached hydrogens (tertiary/aromatic N) is 2. The van der Waals surface area contributed by atoms with Gasteiger partial charge in [0.15, 0.2) is 5.11 Å². The Bertz CT molecular complexity index is 1170. The Morgan fingerprint density at radius 1 is 1.07 bits per heavy atom. The predicted octanol–water partition coefficient (Wildman–Crippen LogP) is 4.49. The molecule has 1 unspecified atom stereocenters. The molecular weight excluding hydrogens is 392 g/mol. The van der Waals surface area contributed by atoms with Crippen molar-refractivity contribution in [1.29, 1.82) is 0 Å². The van der Waals surface area contributed by atoms with E-state index < -0.39 is 0 Å². The number of anilines is 1. The van der Waals surface area contributed by atoms with Crippen LogP contribution in [0.3, 0.4) is 0 Å². The zero-order valence-corrected chi connectivity index (χ0v) is 17.8. The van der Waals surface area contributed by atoms with Crippen molar-refractivity contribution in [3.63, 3.8) is 0 Å². The minimum atomic E-state index is 0.0561. The first-order chi connectivity index (χ1) is 14.7. The molecule has 0 saturated carbocycles. The summed E-state index contributed by atoms with van der Waals surface area (Å²) in [5.74, 6) is 0.916. The summed E-state index contributed by atoms with van der Waals surface area (Å²) in [4.78, 5) is 17.8. The Morgan fingerprint density at radius 2 is 1.97 bits per heavy atom. The van der Waals surface area contributed by atoms with Gasteiger partial charge in [-0.3, -0.25) is 9.36 Å². The van der Waals surface area contributed by atoms with Crippen molar-refractivity contribution in [3.8, 4) is 0 Å². The molecule has 3 aromatic rings. The number of fused-ring (bicyclic) bond motifs is 3. The minimum absolute atomic E-state index is 0.0561. The van der Waals surface area contributed by atoms with E-state index in [-0.39, 0.29) is 11.6 Å². The number of thiocarbonyl (C=S) groups is 1. The van der Waals surface area contributed by atoms with Crippen LogP contribution >= 0.6 is 12.2 Å². The second kappa shape index (κ2) is 8.19. The van der Waals surface area contributed by atoms with E-state index >= 15 is 0 Å². The van der Waals surface area contributed by atoms with E-state index in [2.05, 4.69) is 34.9 Å². The molecule has 2 aromatic carbocycles. The van der Waals surface area contributed by atoms with E-state index in [0.29, 0.717) is 10.5 Å². The highest BCUT2D eigenvalue weighted by molar-refractivity contribution is 7.80. The number of aromatic nitrogens is 2. The van der Waals surface area contributed by atoms with Gasteiger partial charge in [-0.25, -0.2) is 4.98 Å². The van der Waals surface area contributed by atoms with Crippen molar-refractivity contribution >= 4 is 33.9 Å². The second-order valence-corrected chi connectivity index (χ2v) is 8.68. The van der Waals surface area contributed by atoms with Crippen LogP contribution in [0.2, 0.25) is 0 Å². The molecule has 0 bridgehead atoms. The normalized spacial score (nSPS) is 18.2. The maximum absolute atomic E-state index is 13.1. The average molecular weight is 419 g/mol. The molecule has 30 heavy (non-hydrogen) atoms. The third-order valence-corrected chi connectivity index (χ3v) is 6.47. The predicted molar refractivity (Wildman–Crippen MR) is 125 cm³/mol. The Morgan fingerprint density at radius 3 is 2.90 bits per heavy atom. The average Bonchev–Trinajstić information content (AvgIpc) is 3.00. The lowest BCUT2D eigenvalue weighted by atomic mass is 9.88. The summed E-state index contributed by atoms with van der Waals surface area (Å²) in [5.41, 5.74) is 4.36. The molecule has 1 aliphatic carbocycles. The zero-order chi connectivity index (χ0) is 20.5. The lowest BCUT2D eigenvalue weighted by Crippen LogP contribution is -2.34. The van der Waals surface area contributed by atoms with Gasteiger partial charge in [-0.2, -0.15) is 0 Å². The number of aryl methyl sites for hydroxylation is 2. The molecular formula is C24H26N4OS. The molecule has 0 fully saturated rings. The van der Waals surface area contributed by atoms with Crippen LogP contribution < -0.4 is 16.2 Å². The monoisotopic (exact) mass is 418 g/mol. The van der Waals surface area contributed by atoms with E-state index in [0.717, 1.165) is 68.5 Å². The van der Waals surface area contributed by atoms with E-state index in [4.69, 9.17) is 17.2 Å². The zero-order valence-electron chi connectivity index (χ0n) is 17.0. The summed E-state index contributed by atoms with van der Waals surface area (Å²) in [5, 5.41) is 7.97. The third-order valence-electron chi connectivity index (χ3n) is 6.25. The van der Waals surface area contributed by atoms with Crippen LogP contribution in [0.4, 0.5) is 5.69 Å². The van der Waals surface area contributed by atoms with Gasteiger partial charge in [-0.05, 0) is 73.6 Å². The fourth-order valence-corrected chi connectivity index (χ4v) is 4.99. The molecule has 0 spiro atoms. The summed E-state index contributed by atoms with van der Waals surface area (Å²) in [6, 6.07) is 14.5. The molecule has 0 radical (unpaired) electrons. The first-order valence-electron chi connectivity index (χ1n) is 10.9. The number of benzene rings is 2. The molecule has 0 amide bonds. The van der Waals surface area contributed by atoms with Gasteiger partial charge in [-0.1, -0.05) is 30.7 Å². The van der Waals surface area contributed by atoms with Gasteiger partial charge < -0.3 is 10.6 Å². The van der Waals surface area contributed by atoms with Crippen molar-refractivity contribution in [3.05, 3.63) is 69.8 Å². The van der Waals surface area contributed by atoms with Crippen LogP contribution in [0.1, 0.15) is 55.1 Å². The molecule has 5 nitrogen and oxygen atoms in total. The maximum Gasteiger partial charge on any atom is 0.261 e. The van der Waals surface area contributed by atoms with Crippen LogP contribution in [0, 0.1) is 0 Å². The minimum Gasteiger partial charge on any atom is -0.356 e. The van der Waals surface area contributed by atoms with E-state index in [1.807, 2.05) is 22.8 Å². The first-order valence-corrected chi connectivity index (χ1v) is 11.3. The van der Waals surface area contributed by atoms with Gasteiger partial charge in [0.1, 0.15) is 5.82 Å². The highest BCUT2D eigenvalue weighted by atomic mass is 32.1. The molecule has 2 heterocycles. The van der Waals surface area contributed by atoms with Gasteiger partial charge in [0.2, 0.25) is 0 Å². The van der Waals surface area contributed by atoms with Crippen molar-refractivity contribution in [2.24, 2.45) is 0 Å². The summed E-state index contributed by atoms with van der Waals surface area (Å²) >= 11 is 5.60. The fraction of sp³-hybridized carbons (Fsp3) is 0.375. The highest BCUT2D eigenvalue weighted by Gasteiger charge is 2.20. The van der Waals surface area contributed by atoms with Crippen LogP contribution in [0.25, 0.3) is 10.9 Å². The second-order valence-electron chi connectivity index (χ2n) is 8.27. The molecule has 1 aliphatic heterocycles. The SMILES string of the molecule is O=c1c2cc(NC(=S)NC3CCCc4ccccc43)ccc2nc2n1CCCCC2. The van der Waals surface area contributed by atoms with Crippen molar-refractivity contribution < 1.29 is 0 Å². The third kappa shape index (κ3) is 3.72. The summed E-state index contributed by atoms with van der Waals surface area (Å²) in [6.45, 7) is 0.760. The fourth-order valence-electron chi connectivity index (χ4n) is 4.73. The molecule has 1 aromatic heterocycles. The summed E-state index contributed by atoms with van der Waals surface area (Å²) in [7, 11) is 0. The van der Waals surface area contributed by atoms with Crippen molar-refractivity contribution in [2.45, 2.75) is 57.5 Å². The van der Waals surface area contributed by atoms with Gasteiger partial charge in [0.25, 0.3) is 5.56 Å². The Hall–Kier alpha value is -2.73. The summed E-state index contributed by atoms with van der Waals surface area (Å²) in [6.07, 6.45) is 7.50. The van der Waals surface area contributed by atoms with Gasteiger partial charge in [0.05, 0.1) is 16.9 Å². The molecule has 2 aliphatic rings. The largest absolute Gasteiger partial charge is 0.356 e. The molecule has 6 heteroatoms. The standard InChI is InChI=1S/C24H26N4OS/c29-23-19-15-17(12-13-21(19)26-22-11-2-1-5-14-28(22)23)25-24(30)27-20-10-6-8-16-7-3-4-9-18(16)20/h3-4,7,9,12-13,15,20H,1-2,5-6,8,10-11,14H2,(H2,25,27,30). The Labute approximate surface area is 181 Å². The number of hydrogen-bond donors (Lipinski definition) is 2. The van der Waals surface area contributed by atoms with Gasteiger partial charge in [-0.15, -0.1) is 0 Å². The molecule has 2 N–H and O–H groups in total. The van der Waals surface area contributed by atoms with E-state index in [9.17, 15) is 4.79 Å². The molecule has 1 atom stereocenters. The van der Waals surface area contributed by atoms with Crippen LogP contribution in [0.15, 0.2) is 47.3 Å². The van der Waals surface area contributed by atoms with E-state index in [1.165, 1.54) is 11.1 Å². The van der Waals surface area contributed by atoms with Crippen molar-refractivity contribution in [1.82, 2.24) is 14.9 Å². The quantitative estimate of drug-likeness (QED) is 0.601. The first kappa shape index (κ1) is 19.2. The summed E-state index contributed by atoms with van der Waals surface area (Å²) < 4.78 is 1.86. The maximum atomic E-state index is 13.1.